The number of nitrogens with zero attached hydrogens (tertiary/aromatic N) is 1. The van der Waals surface area contributed by atoms with E-state index in [0.717, 1.165) is 13.0 Å². The Labute approximate surface area is 72.7 Å². The molecule has 1 saturated heterocycles. The number of hydrogen-bond donors (Lipinski definition) is 0. The summed E-state index contributed by atoms with van der Waals surface area (Å²) in [6, 6.07) is 0.188. The highest BCUT2D eigenvalue weighted by Gasteiger charge is 2.19. The van der Waals surface area contributed by atoms with Crippen molar-refractivity contribution in [2.24, 2.45) is 4.99 Å². The minimum absolute atomic E-state index is 0.188. The Balaban J connectivity index is 2.38. The molecule has 1 fully saturated rings. The molecule has 11 heavy (non-hydrogen) atoms. The van der Waals surface area contributed by atoms with Gasteiger partial charge in [-0.15, -0.1) is 0 Å². The zero-order valence-electron chi connectivity index (χ0n) is 6.75. The highest BCUT2D eigenvalue weighted by molar-refractivity contribution is 7.78. The largest absolute Gasteiger partial charge is 0.376 e. The Morgan fingerprint density at radius 3 is 3.00 bits per heavy atom. The summed E-state index contributed by atoms with van der Waals surface area (Å²) in [6.07, 6.45) is 3.83. The topological polar surface area (TPSA) is 21.6 Å². The van der Waals surface area contributed by atoms with Crippen LogP contribution in [0.4, 0.5) is 0 Å². The van der Waals surface area contributed by atoms with Gasteiger partial charge in [-0.2, -0.15) is 0 Å². The van der Waals surface area contributed by atoms with Gasteiger partial charge in [-0.3, -0.25) is 0 Å². The Bertz CT molecular complexity index is 159. The molecule has 0 aliphatic carbocycles. The maximum atomic E-state index is 5.51. The van der Waals surface area contributed by atoms with E-state index < -0.39 is 0 Å². The average Bonchev–Trinajstić information content (AvgIpc) is 2.07. The van der Waals surface area contributed by atoms with Gasteiger partial charge in [0.05, 0.1) is 17.3 Å². The molecule has 0 amide bonds. The van der Waals surface area contributed by atoms with Gasteiger partial charge in [-0.05, 0) is 38.4 Å². The fourth-order valence-corrected chi connectivity index (χ4v) is 1.48. The molecule has 1 aliphatic rings. The summed E-state index contributed by atoms with van der Waals surface area (Å²) in [7, 11) is 0. The second kappa shape index (κ2) is 4.60. The van der Waals surface area contributed by atoms with Crippen LogP contribution >= 0.6 is 12.2 Å². The second-order valence-corrected chi connectivity index (χ2v) is 3.05. The van der Waals surface area contributed by atoms with E-state index in [2.05, 4.69) is 22.4 Å². The first-order valence-corrected chi connectivity index (χ1v) is 4.44. The SMILES string of the molecule is CC(N=C=S)[C@H]1CCCCO1. The predicted octanol–water partition coefficient (Wildman–Crippen LogP) is 2.05. The molecule has 2 atom stereocenters. The maximum absolute atomic E-state index is 5.51. The summed E-state index contributed by atoms with van der Waals surface area (Å²) < 4.78 is 5.51. The van der Waals surface area contributed by atoms with Gasteiger partial charge >= 0.3 is 0 Å². The van der Waals surface area contributed by atoms with Crippen molar-refractivity contribution in [1.82, 2.24) is 0 Å². The number of hydrogen-bond acceptors (Lipinski definition) is 3. The first kappa shape index (κ1) is 8.85. The Hall–Kier alpha value is -0.240. The molecule has 1 heterocycles. The van der Waals surface area contributed by atoms with Crippen LogP contribution in [0, 0.1) is 0 Å². The van der Waals surface area contributed by atoms with Crippen LogP contribution in [0.3, 0.4) is 0 Å². The lowest BCUT2D eigenvalue weighted by Gasteiger charge is -2.24. The third-order valence-corrected chi connectivity index (χ3v) is 2.11. The molecule has 0 aromatic heterocycles. The van der Waals surface area contributed by atoms with Crippen LogP contribution < -0.4 is 0 Å². The van der Waals surface area contributed by atoms with Gasteiger partial charge in [-0.25, -0.2) is 4.99 Å². The molecule has 0 N–H and O–H groups in total. The molecule has 1 rings (SSSR count). The summed E-state index contributed by atoms with van der Waals surface area (Å²) >= 11 is 4.53. The number of ether oxygens (including phenoxy) is 1. The van der Waals surface area contributed by atoms with E-state index in [4.69, 9.17) is 4.74 Å². The molecule has 0 aromatic rings. The van der Waals surface area contributed by atoms with Crippen molar-refractivity contribution in [1.29, 1.82) is 0 Å². The molecular formula is C8H13NOS. The second-order valence-electron chi connectivity index (χ2n) is 2.87. The van der Waals surface area contributed by atoms with Crippen molar-refractivity contribution < 1.29 is 4.74 Å². The fraction of sp³-hybridized carbons (Fsp3) is 0.875. The number of thiocarbonyl (C=S) groups is 1. The molecule has 0 saturated carbocycles. The van der Waals surface area contributed by atoms with Gasteiger partial charge in [0.1, 0.15) is 0 Å². The van der Waals surface area contributed by atoms with E-state index in [-0.39, 0.29) is 12.1 Å². The predicted molar refractivity (Wildman–Crippen MR) is 48.1 cm³/mol. The smallest absolute Gasteiger partial charge is 0.0836 e. The van der Waals surface area contributed by atoms with Crippen LogP contribution in [0.15, 0.2) is 4.99 Å². The van der Waals surface area contributed by atoms with Crippen molar-refractivity contribution in [2.75, 3.05) is 6.61 Å². The highest BCUT2D eigenvalue weighted by Crippen LogP contribution is 2.16. The highest BCUT2D eigenvalue weighted by atomic mass is 32.1. The minimum Gasteiger partial charge on any atom is -0.376 e. The molecule has 0 radical (unpaired) electrons. The van der Waals surface area contributed by atoms with Gasteiger partial charge in [0.2, 0.25) is 0 Å². The summed E-state index contributed by atoms with van der Waals surface area (Å²) in [5, 5.41) is 2.39. The van der Waals surface area contributed by atoms with E-state index in [1.54, 1.807) is 0 Å². The monoisotopic (exact) mass is 171 g/mol. The van der Waals surface area contributed by atoms with Gasteiger partial charge in [0.25, 0.3) is 0 Å². The van der Waals surface area contributed by atoms with Crippen molar-refractivity contribution in [3.63, 3.8) is 0 Å². The third kappa shape index (κ3) is 2.70. The first-order chi connectivity index (χ1) is 5.34. The van der Waals surface area contributed by atoms with Gasteiger partial charge in [0.15, 0.2) is 0 Å². The molecule has 0 aromatic carbocycles. The molecule has 62 valence electrons. The van der Waals surface area contributed by atoms with Crippen molar-refractivity contribution >= 4 is 17.4 Å². The van der Waals surface area contributed by atoms with Gasteiger partial charge < -0.3 is 4.74 Å². The molecule has 3 heteroatoms. The maximum Gasteiger partial charge on any atom is 0.0836 e. The Morgan fingerprint density at radius 2 is 2.45 bits per heavy atom. The van der Waals surface area contributed by atoms with E-state index in [1.165, 1.54) is 12.8 Å². The number of aliphatic imine (C=N–C) groups is 1. The van der Waals surface area contributed by atoms with Crippen LogP contribution in [0.5, 0.6) is 0 Å². The summed E-state index contributed by atoms with van der Waals surface area (Å²) in [5.74, 6) is 0. The standard InChI is InChI=1S/C8H13NOS/c1-7(9-6-11)8-4-2-3-5-10-8/h7-8H,2-5H2,1H3/t7?,8-/m1/s1. The third-order valence-electron chi connectivity index (χ3n) is 2.01. The Kier molecular flexibility index (Phi) is 3.70. The lowest BCUT2D eigenvalue weighted by molar-refractivity contribution is 0.00469. The summed E-state index contributed by atoms with van der Waals surface area (Å²) in [5.41, 5.74) is 0. The van der Waals surface area contributed by atoms with E-state index in [9.17, 15) is 0 Å². The quantitative estimate of drug-likeness (QED) is 0.468. The van der Waals surface area contributed by atoms with Crippen LogP contribution in [0.25, 0.3) is 0 Å². The summed E-state index contributed by atoms with van der Waals surface area (Å²) in [4.78, 5) is 3.99. The molecule has 0 spiro atoms. The average molecular weight is 171 g/mol. The van der Waals surface area contributed by atoms with Crippen LogP contribution in [-0.2, 0) is 4.74 Å². The molecule has 0 bridgehead atoms. The number of rotatable bonds is 2. The van der Waals surface area contributed by atoms with Crippen molar-refractivity contribution in [2.45, 2.75) is 38.3 Å². The first-order valence-electron chi connectivity index (χ1n) is 4.03. The van der Waals surface area contributed by atoms with E-state index in [0.29, 0.717) is 0 Å². The molecule has 1 unspecified atom stereocenters. The Morgan fingerprint density at radius 1 is 1.64 bits per heavy atom. The zero-order chi connectivity index (χ0) is 8.10. The van der Waals surface area contributed by atoms with Crippen LogP contribution in [-0.4, -0.2) is 23.9 Å². The van der Waals surface area contributed by atoms with Crippen LogP contribution in [0.1, 0.15) is 26.2 Å². The zero-order valence-corrected chi connectivity index (χ0v) is 7.56. The molecule has 2 nitrogen and oxygen atoms in total. The lowest BCUT2D eigenvalue weighted by Crippen LogP contribution is -2.28. The van der Waals surface area contributed by atoms with Crippen LogP contribution in [0.2, 0.25) is 0 Å². The normalized spacial score (nSPS) is 27.2. The van der Waals surface area contributed by atoms with Crippen molar-refractivity contribution in [3.8, 4) is 0 Å². The van der Waals surface area contributed by atoms with Crippen molar-refractivity contribution in [3.05, 3.63) is 0 Å². The fourth-order valence-electron chi connectivity index (χ4n) is 1.31. The molecule has 1 aliphatic heterocycles. The van der Waals surface area contributed by atoms with E-state index >= 15 is 0 Å². The molecular weight excluding hydrogens is 158 g/mol. The summed E-state index contributed by atoms with van der Waals surface area (Å²) in [6.45, 7) is 2.90. The van der Waals surface area contributed by atoms with Gasteiger partial charge in [0, 0.05) is 6.61 Å². The minimum atomic E-state index is 0.188. The van der Waals surface area contributed by atoms with E-state index in [1.807, 2.05) is 6.92 Å². The lowest BCUT2D eigenvalue weighted by atomic mass is 10.0. The number of isothiocyanates is 1. The van der Waals surface area contributed by atoms with Gasteiger partial charge in [-0.1, -0.05) is 0 Å².